The fourth-order valence-electron chi connectivity index (χ4n) is 3.20. The molecule has 7 nitrogen and oxygen atoms in total. The lowest BCUT2D eigenvalue weighted by molar-refractivity contribution is -0.126. The summed E-state index contributed by atoms with van der Waals surface area (Å²) in [7, 11) is 1.65. The quantitative estimate of drug-likeness (QED) is 0.681. The van der Waals surface area contributed by atoms with Gasteiger partial charge in [0, 0.05) is 39.7 Å². The number of carbonyl (C=O) groups is 2. The first-order valence-corrected chi connectivity index (χ1v) is 9.09. The molecule has 0 aliphatic carbocycles. The Hall–Kier alpha value is -2.64. The van der Waals surface area contributed by atoms with Crippen molar-refractivity contribution in [3.8, 4) is 0 Å². The maximum absolute atomic E-state index is 12.9. The molecule has 2 aromatic rings. The Morgan fingerprint density at radius 3 is 2.70 bits per heavy atom. The van der Waals surface area contributed by atoms with Crippen LogP contribution in [0.25, 0.3) is 0 Å². The standard InChI is InChI=1S/C20H25N3O4/c1-26-12-10-21-8-9-22-19(24)17-13-15-5-2-3-6-16(15)14-23(17)20(25)18-7-4-11-27-18/h2-7,11,17,21H,8-10,12-14H2,1H3,(H,22,24). The first-order valence-electron chi connectivity index (χ1n) is 9.09. The van der Waals surface area contributed by atoms with Crippen molar-refractivity contribution in [2.24, 2.45) is 0 Å². The number of benzene rings is 1. The molecule has 0 radical (unpaired) electrons. The van der Waals surface area contributed by atoms with Gasteiger partial charge in [-0.05, 0) is 23.3 Å². The van der Waals surface area contributed by atoms with Crippen LogP contribution in [0.15, 0.2) is 47.1 Å². The van der Waals surface area contributed by atoms with Gasteiger partial charge < -0.3 is 24.7 Å². The molecule has 27 heavy (non-hydrogen) atoms. The minimum Gasteiger partial charge on any atom is -0.459 e. The van der Waals surface area contributed by atoms with Gasteiger partial charge in [-0.15, -0.1) is 0 Å². The van der Waals surface area contributed by atoms with E-state index in [2.05, 4.69) is 10.6 Å². The molecule has 7 heteroatoms. The summed E-state index contributed by atoms with van der Waals surface area (Å²) in [4.78, 5) is 27.2. The molecule has 0 bridgehead atoms. The lowest BCUT2D eigenvalue weighted by Crippen LogP contribution is -2.53. The van der Waals surface area contributed by atoms with Crippen molar-refractivity contribution in [1.29, 1.82) is 0 Å². The van der Waals surface area contributed by atoms with E-state index < -0.39 is 6.04 Å². The topological polar surface area (TPSA) is 83.8 Å². The second-order valence-corrected chi connectivity index (χ2v) is 6.43. The van der Waals surface area contributed by atoms with Crippen LogP contribution >= 0.6 is 0 Å². The molecule has 0 saturated carbocycles. The molecule has 1 aliphatic rings. The minimum atomic E-state index is -0.559. The zero-order chi connectivity index (χ0) is 19.1. The summed E-state index contributed by atoms with van der Waals surface area (Å²) >= 11 is 0. The van der Waals surface area contributed by atoms with E-state index in [9.17, 15) is 9.59 Å². The third-order valence-electron chi connectivity index (χ3n) is 4.63. The van der Waals surface area contributed by atoms with E-state index in [1.807, 2.05) is 24.3 Å². The number of fused-ring (bicyclic) bond motifs is 1. The maximum atomic E-state index is 12.9. The molecule has 1 aliphatic heterocycles. The van der Waals surface area contributed by atoms with Crippen LogP contribution in [0.3, 0.4) is 0 Å². The number of methoxy groups -OCH3 is 1. The monoisotopic (exact) mass is 371 g/mol. The van der Waals surface area contributed by atoms with Crippen molar-refractivity contribution < 1.29 is 18.7 Å². The summed E-state index contributed by atoms with van der Waals surface area (Å²) in [6.45, 7) is 2.87. The highest BCUT2D eigenvalue weighted by atomic mass is 16.5. The fourth-order valence-corrected chi connectivity index (χ4v) is 3.20. The number of carbonyl (C=O) groups excluding carboxylic acids is 2. The summed E-state index contributed by atoms with van der Waals surface area (Å²) in [5, 5.41) is 6.10. The smallest absolute Gasteiger partial charge is 0.290 e. The van der Waals surface area contributed by atoms with Crippen LogP contribution in [0.1, 0.15) is 21.7 Å². The van der Waals surface area contributed by atoms with Gasteiger partial charge in [-0.1, -0.05) is 24.3 Å². The van der Waals surface area contributed by atoms with Gasteiger partial charge in [0.1, 0.15) is 6.04 Å². The van der Waals surface area contributed by atoms with E-state index in [1.54, 1.807) is 24.1 Å². The summed E-state index contributed by atoms with van der Waals surface area (Å²) in [6, 6.07) is 10.6. The number of nitrogens with zero attached hydrogens (tertiary/aromatic N) is 1. The van der Waals surface area contributed by atoms with Crippen molar-refractivity contribution >= 4 is 11.8 Å². The van der Waals surface area contributed by atoms with Crippen molar-refractivity contribution in [3.05, 3.63) is 59.5 Å². The fraction of sp³-hybridized carbons (Fsp3) is 0.400. The molecule has 1 atom stereocenters. The lowest BCUT2D eigenvalue weighted by atomic mass is 9.93. The first kappa shape index (κ1) is 19.1. The molecule has 2 heterocycles. The van der Waals surface area contributed by atoms with Crippen LogP contribution in [0.5, 0.6) is 0 Å². The van der Waals surface area contributed by atoms with Crippen LogP contribution in [0.2, 0.25) is 0 Å². The number of amides is 2. The predicted octanol–water partition coefficient (Wildman–Crippen LogP) is 1.20. The van der Waals surface area contributed by atoms with Gasteiger partial charge >= 0.3 is 0 Å². The number of nitrogens with one attached hydrogen (secondary N) is 2. The van der Waals surface area contributed by atoms with E-state index >= 15 is 0 Å². The van der Waals surface area contributed by atoms with Crippen molar-refractivity contribution in [1.82, 2.24) is 15.5 Å². The Balaban J connectivity index is 1.68. The third-order valence-corrected chi connectivity index (χ3v) is 4.63. The summed E-state index contributed by atoms with van der Waals surface area (Å²) < 4.78 is 10.2. The zero-order valence-electron chi connectivity index (χ0n) is 15.4. The molecule has 144 valence electrons. The molecule has 2 amide bonds. The molecule has 3 rings (SSSR count). The predicted molar refractivity (Wildman–Crippen MR) is 100 cm³/mol. The van der Waals surface area contributed by atoms with E-state index in [0.29, 0.717) is 32.7 Å². The average molecular weight is 371 g/mol. The maximum Gasteiger partial charge on any atom is 0.290 e. The average Bonchev–Trinajstić information content (AvgIpc) is 3.23. The second kappa shape index (κ2) is 9.34. The summed E-state index contributed by atoms with van der Waals surface area (Å²) in [5.74, 6) is -0.181. The highest BCUT2D eigenvalue weighted by molar-refractivity contribution is 5.96. The molecule has 2 N–H and O–H groups in total. The largest absolute Gasteiger partial charge is 0.459 e. The van der Waals surface area contributed by atoms with Crippen LogP contribution in [0, 0.1) is 0 Å². The molecule has 1 aromatic carbocycles. The van der Waals surface area contributed by atoms with E-state index in [0.717, 1.165) is 17.7 Å². The Morgan fingerprint density at radius 1 is 1.15 bits per heavy atom. The zero-order valence-corrected chi connectivity index (χ0v) is 15.4. The van der Waals surface area contributed by atoms with Gasteiger partial charge in [-0.25, -0.2) is 0 Å². The Kier molecular flexibility index (Phi) is 6.62. The van der Waals surface area contributed by atoms with Crippen molar-refractivity contribution in [2.45, 2.75) is 19.0 Å². The van der Waals surface area contributed by atoms with Crippen LogP contribution < -0.4 is 10.6 Å². The lowest BCUT2D eigenvalue weighted by Gasteiger charge is -2.35. The van der Waals surface area contributed by atoms with E-state index in [-0.39, 0.29) is 17.6 Å². The van der Waals surface area contributed by atoms with Gasteiger partial charge in [-0.2, -0.15) is 0 Å². The van der Waals surface area contributed by atoms with E-state index in [1.165, 1.54) is 6.26 Å². The van der Waals surface area contributed by atoms with Crippen molar-refractivity contribution in [2.75, 3.05) is 33.4 Å². The number of rotatable bonds is 8. The van der Waals surface area contributed by atoms with Gasteiger partial charge in [0.15, 0.2) is 5.76 Å². The molecular weight excluding hydrogens is 346 g/mol. The SMILES string of the molecule is COCCNCCNC(=O)C1Cc2ccccc2CN1C(=O)c1ccco1. The van der Waals surface area contributed by atoms with Gasteiger partial charge in [-0.3, -0.25) is 9.59 Å². The summed E-state index contributed by atoms with van der Waals surface area (Å²) in [5.41, 5.74) is 2.15. The van der Waals surface area contributed by atoms with Crippen LogP contribution in [-0.4, -0.2) is 56.1 Å². The van der Waals surface area contributed by atoms with Gasteiger partial charge in [0.05, 0.1) is 12.9 Å². The molecule has 1 unspecified atom stereocenters. The number of hydrogen-bond donors (Lipinski definition) is 2. The normalized spacial score (nSPS) is 16.0. The number of furan rings is 1. The van der Waals surface area contributed by atoms with Crippen LogP contribution in [0.4, 0.5) is 0 Å². The highest BCUT2D eigenvalue weighted by Gasteiger charge is 2.35. The van der Waals surface area contributed by atoms with Gasteiger partial charge in [0.25, 0.3) is 5.91 Å². The van der Waals surface area contributed by atoms with Crippen LogP contribution in [-0.2, 0) is 22.5 Å². The highest BCUT2D eigenvalue weighted by Crippen LogP contribution is 2.25. The Bertz CT molecular complexity index is 760. The minimum absolute atomic E-state index is 0.155. The first-order chi connectivity index (χ1) is 13.2. The number of hydrogen-bond acceptors (Lipinski definition) is 5. The summed E-state index contributed by atoms with van der Waals surface area (Å²) in [6.07, 6.45) is 1.96. The van der Waals surface area contributed by atoms with Gasteiger partial charge in [0.2, 0.25) is 5.91 Å². The molecule has 0 fully saturated rings. The van der Waals surface area contributed by atoms with Crippen molar-refractivity contribution in [3.63, 3.8) is 0 Å². The Labute approximate surface area is 158 Å². The molecule has 0 saturated heterocycles. The second-order valence-electron chi connectivity index (χ2n) is 6.43. The Morgan fingerprint density at radius 2 is 1.96 bits per heavy atom. The molecular formula is C20H25N3O4. The molecule has 1 aromatic heterocycles. The third kappa shape index (κ3) is 4.75. The number of ether oxygens (including phenoxy) is 1. The molecule has 0 spiro atoms. The van der Waals surface area contributed by atoms with E-state index in [4.69, 9.17) is 9.15 Å².